The maximum Gasteiger partial charge on any atom is 0.337 e. The van der Waals surface area contributed by atoms with E-state index in [1.165, 1.54) is 7.11 Å². The second kappa shape index (κ2) is 8.77. The molecule has 0 aliphatic rings. The summed E-state index contributed by atoms with van der Waals surface area (Å²) in [5.41, 5.74) is 2.26. The van der Waals surface area contributed by atoms with Gasteiger partial charge in [-0.05, 0) is 48.9 Å². The second-order valence-corrected chi connectivity index (χ2v) is 6.10. The molecule has 1 heterocycles. The zero-order valence-corrected chi connectivity index (χ0v) is 15.5. The predicted molar refractivity (Wildman–Crippen MR) is 106 cm³/mol. The third-order valence-electron chi connectivity index (χ3n) is 4.13. The van der Waals surface area contributed by atoms with Gasteiger partial charge in [-0.2, -0.15) is 0 Å². The highest BCUT2D eigenvalue weighted by Gasteiger charge is 2.11. The van der Waals surface area contributed by atoms with Crippen molar-refractivity contribution in [1.82, 2.24) is 10.2 Å². The molecular weight excluding hydrogens is 356 g/mol. The number of hydrogen-bond acceptors (Lipinski definition) is 6. The Balaban J connectivity index is 1.61. The summed E-state index contributed by atoms with van der Waals surface area (Å²) in [6, 6.07) is 19.7. The standard InChI is InChI=1S/C21H20N4O3/c1-14(15-6-4-3-5-7-15)22-19-13-12-18(24-25-19)20(26)23-17-10-8-16(9-11-17)21(27)28-2/h3-14H,1-2H3,(H,22,25)(H,23,26). The Bertz CT molecular complexity index is 942. The van der Waals surface area contributed by atoms with Crippen molar-refractivity contribution in [3.8, 4) is 0 Å². The Morgan fingerprint density at radius 2 is 1.64 bits per heavy atom. The summed E-state index contributed by atoms with van der Waals surface area (Å²) in [5, 5.41) is 14.0. The molecule has 0 fully saturated rings. The quantitative estimate of drug-likeness (QED) is 0.638. The van der Waals surface area contributed by atoms with Crippen LogP contribution in [0.3, 0.4) is 0 Å². The van der Waals surface area contributed by atoms with Crippen LogP contribution in [0.25, 0.3) is 0 Å². The first kappa shape index (κ1) is 19.0. The lowest BCUT2D eigenvalue weighted by atomic mass is 10.1. The molecule has 0 aliphatic carbocycles. The number of nitrogens with zero attached hydrogens (tertiary/aromatic N) is 2. The number of anilines is 2. The Labute approximate surface area is 162 Å². The van der Waals surface area contributed by atoms with Gasteiger partial charge in [0, 0.05) is 11.7 Å². The normalized spacial score (nSPS) is 11.4. The van der Waals surface area contributed by atoms with E-state index < -0.39 is 5.97 Å². The zero-order chi connectivity index (χ0) is 19.9. The van der Waals surface area contributed by atoms with E-state index in [9.17, 15) is 9.59 Å². The van der Waals surface area contributed by atoms with Crippen LogP contribution in [0.4, 0.5) is 11.5 Å². The second-order valence-electron chi connectivity index (χ2n) is 6.10. The SMILES string of the molecule is COC(=O)c1ccc(NC(=O)c2ccc(NC(C)c3ccccc3)nn2)cc1. The zero-order valence-electron chi connectivity index (χ0n) is 15.5. The van der Waals surface area contributed by atoms with Gasteiger partial charge in [0.15, 0.2) is 5.69 Å². The van der Waals surface area contributed by atoms with Gasteiger partial charge in [0.25, 0.3) is 5.91 Å². The van der Waals surface area contributed by atoms with Gasteiger partial charge >= 0.3 is 5.97 Å². The van der Waals surface area contributed by atoms with Gasteiger partial charge in [0.05, 0.1) is 12.7 Å². The summed E-state index contributed by atoms with van der Waals surface area (Å²) in [4.78, 5) is 23.8. The van der Waals surface area contributed by atoms with Gasteiger partial charge in [-0.1, -0.05) is 30.3 Å². The highest BCUT2D eigenvalue weighted by Crippen LogP contribution is 2.17. The minimum absolute atomic E-state index is 0.0588. The van der Waals surface area contributed by atoms with Gasteiger partial charge in [-0.25, -0.2) is 4.79 Å². The number of esters is 1. The fraction of sp³-hybridized carbons (Fsp3) is 0.143. The van der Waals surface area contributed by atoms with Crippen LogP contribution in [0.1, 0.15) is 39.4 Å². The Kier molecular flexibility index (Phi) is 5.96. The maximum absolute atomic E-state index is 12.3. The monoisotopic (exact) mass is 376 g/mol. The van der Waals surface area contributed by atoms with Crippen molar-refractivity contribution in [1.29, 1.82) is 0 Å². The van der Waals surface area contributed by atoms with Gasteiger partial charge in [0.1, 0.15) is 5.82 Å². The van der Waals surface area contributed by atoms with Crippen LogP contribution in [-0.2, 0) is 4.74 Å². The molecule has 7 heteroatoms. The van der Waals surface area contributed by atoms with Gasteiger partial charge < -0.3 is 15.4 Å². The number of carbonyl (C=O) groups is 2. The van der Waals surface area contributed by atoms with E-state index in [0.29, 0.717) is 17.1 Å². The number of carbonyl (C=O) groups excluding carboxylic acids is 2. The molecule has 2 N–H and O–H groups in total. The highest BCUT2D eigenvalue weighted by atomic mass is 16.5. The largest absolute Gasteiger partial charge is 0.465 e. The van der Waals surface area contributed by atoms with E-state index in [2.05, 4.69) is 25.6 Å². The van der Waals surface area contributed by atoms with Crippen molar-refractivity contribution in [2.45, 2.75) is 13.0 Å². The van der Waals surface area contributed by atoms with E-state index in [0.717, 1.165) is 5.56 Å². The molecule has 142 valence electrons. The summed E-state index contributed by atoms with van der Waals surface area (Å²) in [5.74, 6) is -0.243. The number of rotatable bonds is 6. The predicted octanol–water partition coefficient (Wildman–Crippen LogP) is 3.69. The summed E-state index contributed by atoms with van der Waals surface area (Å²) in [7, 11) is 1.32. The molecule has 1 atom stereocenters. The molecule has 28 heavy (non-hydrogen) atoms. The molecule has 2 aromatic carbocycles. The van der Waals surface area contributed by atoms with Crippen LogP contribution in [0.5, 0.6) is 0 Å². The first-order valence-electron chi connectivity index (χ1n) is 8.72. The third-order valence-corrected chi connectivity index (χ3v) is 4.13. The summed E-state index contributed by atoms with van der Waals surface area (Å²) in [6.07, 6.45) is 0. The molecule has 1 amide bonds. The topological polar surface area (TPSA) is 93.2 Å². The van der Waals surface area contributed by atoms with Crippen molar-refractivity contribution in [3.63, 3.8) is 0 Å². The van der Waals surface area contributed by atoms with E-state index in [-0.39, 0.29) is 17.6 Å². The van der Waals surface area contributed by atoms with Crippen molar-refractivity contribution >= 4 is 23.4 Å². The van der Waals surface area contributed by atoms with Crippen LogP contribution in [0.15, 0.2) is 66.7 Å². The third kappa shape index (κ3) is 4.70. The molecule has 0 radical (unpaired) electrons. The number of aromatic nitrogens is 2. The van der Waals surface area contributed by atoms with E-state index in [4.69, 9.17) is 0 Å². The molecule has 0 saturated heterocycles. The number of benzene rings is 2. The van der Waals surface area contributed by atoms with Crippen LogP contribution in [0, 0.1) is 0 Å². The molecule has 3 rings (SSSR count). The summed E-state index contributed by atoms with van der Waals surface area (Å²) in [6.45, 7) is 2.02. The molecule has 0 aliphatic heterocycles. The highest BCUT2D eigenvalue weighted by molar-refractivity contribution is 6.03. The Morgan fingerprint density at radius 3 is 2.25 bits per heavy atom. The van der Waals surface area contributed by atoms with E-state index in [1.807, 2.05) is 37.3 Å². The average molecular weight is 376 g/mol. The Hall–Kier alpha value is -3.74. The van der Waals surface area contributed by atoms with Gasteiger partial charge in [-0.15, -0.1) is 10.2 Å². The lowest BCUT2D eigenvalue weighted by Gasteiger charge is -2.14. The number of nitrogens with one attached hydrogen (secondary N) is 2. The van der Waals surface area contributed by atoms with E-state index >= 15 is 0 Å². The molecule has 1 aromatic heterocycles. The van der Waals surface area contributed by atoms with Crippen LogP contribution < -0.4 is 10.6 Å². The lowest BCUT2D eigenvalue weighted by Crippen LogP contribution is -2.15. The minimum Gasteiger partial charge on any atom is -0.465 e. The number of methoxy groups -OCH3 is 1. The lowest BCUT2D eigenvalue weighted by molar-refractivity contribution is 0.0600. The van der Waals surface area contributed by atoms with Crippen LogP contribution in [-0.4, -0.2) is 29.2 Å². The molecule has 1 unspecified atom stereocenters. The molecule has 0 saturated carbocycles. The Morgan fingerprint density at radius 1 is 0.929 bits per heavy atom. The van der Waals surface area contributed by atoms with Crippen LogP contribution in [0.2, 0.25) is 0 Å². The number of hydrogen-bond donors (Lipinski definition) is 2. The first-order chi connectivity index (χ1) is 13.6. The van der Waals surface area contributed by atoms with Crippen molar-refractivity contribution in [2.24, 2.45) is 0 Å². The van der Waals surface area contributed by atoms with Crippen LogP contribution >= 0.6 is 0 Å². The average Bonchev–Trinajstić information content (AvgIpc) is 2.74. The number of ether oxygens (including phenoxy) is 1. The minimum atomic E-state index is -0.434. The molecule has 3 aromatic rings. The van der Waals surface area contributed by atoms with Gasteiger partial charge in [0.2, 0.25) is 0 Å². The van der Waals surface area contributed by atoms with Crippen molar-refractivity contribution in [2.75, 3.05) is 17.7 Å². The van der Waals surface area contributed by atoms with Crippen molar-refractivity contribution in [3.05, 3.63) is 83.6 Å². The van der Waals surface area contributed by atoms with Gasteiger partial charge in [-0.3, -0.25) is 4.79 Å². The maximum atomic E-state index is 12.3. The summed E-state index contributed by atoms with van der Waals surface area (Å²) >= 11 is 0. The molecule has 0 spiro atoms. The summed E-state index contributed by atoms with van der Waals surface area (Å²) < 4.78 is 4.64. The van der Waals surface area contributed by atoms with Crippen molar-refractivity contribution < 1.29 is 14.3 Å². The molecule has 0 bridgehead atoms. The number of amides is 1. The fourth-order valence-electron chi connectivity index (χ4n) is 2.58. The fourth-order valence-corrected chi connectivity index (χ4v) is 2.58. The first-order valence-corrected chi connectivity index (χ1v) is 8.72. The van der Waals surface area contributed by atoms with E-state index in [1.54, 1.807) is 36.4 Å². The smallest absolute Gasteiger partial charge is 0.337 e. The molecular formula is C21H20N4O3. The molecule has 7 nitrogen and oxygen atoms in total.